The topological polar surface area (TPSA) is 55.8 Å². The second-order valence-electron chi connectivity index (χ2n) is 2.13. The van der Waals surface area contributed by atoms with Gasteiger partial charge in [0.2, 0.25) is 0 Å². The zero-order valence-electron chi connectivity index (χ0n) is 6.16. The Morgan fingerprint density at radius 1 is 1.23 bits per heavy atom. The van der Waals surface area contributed by atoms with Gasteiger partial charge in [-0.05, 0) is 6.07 Å². The van der Waals surface area contributed by atoms with E-state index in [4.69, 9.17) is 6.13 Å². The molecule has 0 aromatic heterocycles. The lowest BCUT2D eigenvalue weighted by atomic mass is 10.2. The van der Waals surface area contributed by atoms with Gasteiger partial charge in [-0.15, -0.1) is 0 Å². The molecular formula is C7H4I2O4. The highest BCUT2D eigenvalue weighted by Gasteiger charge is 2.10. The maximum Gasteiger partial charge on any atom is 0.192 e. The number of aromatic hydroxyl groups is 1. The van der Waals surface area contributed by atoms with Crippen LogP contribution in [0.25, 0.3) is 0 Å². The summed E-state index contributed by atoms with van der Waals surface area (Å²) in [5.41, 5.74) is 0.170. The molecule has 1 rings (SSSR count). The van der Waals surface area contributed by atoms with Gasteiger partial charge < -0.3 is 11.2 Å². The quantitative estimate of drug-likeness (QED) is 0.620. The Morgan fingerprint density at radius 2 is 1.77 bits per heavy atom. The van der Waals surface area contributed by atoms with Gasteiger partial charge in [-0.25, -0.2) is 0 Å². The van der Waals surface area contributed by atoms with Crippen LogP contribution >= 0.6 is 46.0 Å². The summed E-state index contributed by atoms with van der Waals surface area (Å²) >= 11 is 3.33. The predicted octanol–water partition coefficient (Wildman–Crippen LogP) is 2.66. The Balaban J connectivity index is 3.26. The Hall–Kier alpha value is -0.250. The van der Waals surface area contributed by atoms with Crippen molar-refractivity contribution in [1.29, 1.82) is 0 Å². The number of hydrogen-bond acceptors (Lipinski definition) is 4. The second-order valence-corrected chi connectivity index (χ2v) is 3.01. The molecule has 13 heavy (non-hydrogen) atoms. The number of phenols is 1. The summed E-state index contributed by atoms with van der Waals surface area (Å²) < 4.78 is 9.78. The number of aldehydes is 1. The van der Waals surface area contributed by atoms with Crippen molar-refractivity contribution in [3.63, 3.8) is 0 Å². The van der Waals surface area contributed by atoms with Gasteiger partial charge in [0, 0.05) is 6.07 Å². The van der Waals surface area contributed by atoms with E-state index in [1.54, 1.807) is 46.0 Å². The van der Waals surface area contributed by atoms with E-state index in [1.807, 2.05) is 0 Å². The molecule has 0 saturated heterocycles. The van der Waals surface area contributed by atoms with Gasteiger partial charge in [-0.1, -0.05) is 0 Å². The lowest BCUT2D eigenvalue weighted by Gasteiger charge is -2.05. The molecule has 0 atom stereocenters. The number of carbonyl (C=O) groups excluding carboxylic acids is 1. The van der Waals surface area contributed by atoms with Crippen LogP contribution in [0.4, 0.5) is 0 Å². The second kappa shape index (κ2) is 4.84. The van der Waals surface area contributed by atoms with Crippen molar-refractivity contribution in [1.82, 2.24) is 0 Å². The SMILES string of the molecule is O=Cc1cc(OI)c(OI)cc1O. The predicted molar refractivity (Wildman–Crippen MR) is 62.8 cm³/mol. The molecule has 1 N–H and O–H groups in total. The lowest BCUT2D eigenvalue weighted by molar-refractivity contribution is 0.112. The highest BCUT2D eigenvalue weighted by Crippen LogP contribution is 2.35. The number of phenolic OH excluding ortho intramolecular Hbond substituents is 1. The van der Waals surface area contributed by atoms with Crippen LogP contribution in [0.15, 0.2) is 12.1 Å². The molecule has 0 radical (unpaired) electrons. The van der Waals surface area contributed by atoms with Crippen molar-refractivity contribution < 1.29 is 16.0 Å². The van der Waals surface area contributed by atoms with Crippen LogP contribution in [-0.4, -0.2) is 11.4 Å². The molecule has 70 valence electrons. The minimum absolute atomic E-state index is 0.126. The highest BCUT2D eigenvalue weighted by atomic mass is 127. The van der Waals surface area contributed by atoms with Crippen LogP contribution in [0.5, 0.6) is 17.2 Å². The van der Waals surface area contributed by atoms with Crippen LogP contribution < -0.4 is 6.13 Å². The monoisotopic (exact) mass is 406 g/mol. The summed E-state index contributed by atoms with van der Waals surface area (Å²) in [7, 11) is 0. The van der Waals surface area contributed by atoms with E-state index in [0.29, 0.717) is 17.8 Å². The van der Waals surface area contributed by atoms with Gasteiger partial charge in [-0.3, -0.25) is 4.79 Å². The maximum atomic E-state index is 10.4. The van der Waals surface area contributed by atoms with Gasteiger partial charge in [0.05, 0.1) is 5.56 Å². The zero-order chi connectivity index (χ0) is 9.84. The van der Waals surface area contributed by atoms with Gasteiger partial charge >= 0.3 is 0 Å². The molecule has 4 nitrogen and oxygen atoms in total. The molecule has 0 aliphatic rings. The molecule has 0 bridgehead atoms. The average molecular weight is 406 g/mol. The first-order chi connectivity index (χ1) is 6.22. The third-order valence-electron chi connectivity index (χ3n) is 1.39. The van der Waals surface area contributed by atoms with Crippen molar-refractivity contribution in [2.24, 2.45) is 0 Å². The van der Waals surface area contributed by atoms with E-state index >= 15 is 0 Å². The molecule has 0 saturated carbocycles. The molecule has 0 heterocycles. The summed E-state index contributed by atoms with van der Waals surface area (Å²) in [5.74, 6) is 0.645. The van der Waals surface area contributed by atoms with Crippen molar-refractivity contribution in [3.8, 4) is 17.2 Å². The molecule has 0 fully saturated rings. The minimum Gasteiger partial charge on any atom is -0.507 e. The Morgan fingerprint density at radius 3 is 2.23 bits per heavy atom. The summed E-state index contributed by atoms with van der Waals surface area (Å²) in [5, 5.41) is 9.27. The van der Waals surface area contributed by atoms with Crippen LogP contribution in [0.3, 0.4) is 0 Å². The van der Waals surface area contributed by atoms with Gasteiger partial charge in [0.25, 0.3) is 0 Å². The molecule has 6 heteroatoms. The molecular weight excluding hydrogens is 402 g/mol. The van der Waals surface area contributed by atoms with Gasteiger partial charge in [0.1, 0.15) is 5.75 Å². The first-order valence-electron chi connectivity index (χ1n) is 3.12. The molecule has 1 aromatic carbocycles. The summed E-state index contributed by atoms with van der Waals surface area (Å²) in [4.78, 5) is 10.4. The first-order valence-corrected chi connectivity index (χ1v) is 4.88. The summed E-state index contributed by atoms with van der Waals surface area (Å²) in [6, 6.07) is 2.73. The van der Waals surface area contributed by atoms with Crippen LogP contribution in [-0.2, 0) is 0 Å². The normalized spacial score (nSPS) is 9.38. The molecule has 0 unspecified atom stereocenters. The van der Waals surface area contributed by atoms with E-state index in [9.17, 15) is 9.90 Å². The highest BCUT2D eigenvalue weighted by molar-refractivity contribution is 14.1. The van der Waals surface area contributed by atoms with Crippen molar-refractivity contribution >= 4 is 52.3 Å². The number of hydrogen-bond donors (Lipinski definition) is 1. The minimum atomic E-state index is -0.126. The van der Waals surface area contributed by atoms with Gasteiger partial charge in [0.15, 0.2) is 63.8 Å². The van der Waals surface area contributed by atoms with Crippen LogP contribution in [0.2, 0.25) is 0 Å². The van der Waals surface area contributed by atoms with Crippen molar-refractivity contribution in [3.05, 3.63) is 17.7 Å². The third kappa shape index (κ3) is 2.36. The van der Waals surface area contributed by atoms with Crippen molar-refractivity contribution in [2.75, 3.05) is 0 Å². The van der Waals surface area contributed by atoms with E-state index in [-0.39, 0.29) is 11.3 Å². The fourth-order valence-corrected chi connectivity index (χ4v) is 1.47. The number of rotatable bonds is 3. The summed E-state index contributed by atoms with van der Waals surface area (Å²) in [6.07, 6.45) is 0.547. The largest absolute Gasteiger partial charge is 0.507 e. The molecule has 1 aromatic rings. The van der Waals surface area contributed by atoms with Gasteiger partial charge in [-0.2, -0.15) is 0 Å². The van der Waals surface area contributed by atoms with E-state index in [2.05, 4.69) is 0 Å². The molecule has 0 amide bonds. The summed E-state index contributed by atoms with van der Waals surface area (Å²) in [6.45, 7) is 0. The zero-order valence-corrected chi connectivity index (χ0v) is 10.5. The Bertz CT molecular complexity index is 327. The number of halogens is 2. The van der Waals surface area contributed by atoms with Crippen LogP contribution in [0, 0.1) is 0 Å². The Kier molecular flexibility index (Phi) is 4.03. The number of benzene rings is 1. The number of carbonyl (C=O) groups is 1. The first kappa shape index (κ1) is 10.8. The van der Waals surface area contributed by atoms with Crippen LogP contribution in [0.1, 0.15) is 10.4 Å². The standard InChI is InChI=1S/C7H4I2O4/c8-12-6-1-4(3-10)5(11)2-7(6)13-9/h1-3,11H. The molecule has 0 aliphatic carbocycles. The van der Waals surface area contributed by atoms with E-state index < -0.39 is 0 Å². The van der Waals surface area contributed by atoms with E-state index in [0.717, 1.165) is 0 Å². The molecule has 0 spiro atoms. The third-order valence-corrected chi connectivity index (χ3v) is 2.34. The average Bonchev–Trinajstić information content (AvgIpc) is 2.17. The smallest absolute Gasteiger partial charge is 0.192 e. The van der Waals surface area contributed by atoms with Crippen molar-refractivity contribution in [2.45, 2.75) is 0 Å². The fraction of sp³-hybridized carbons (Fsp3) is 0. The Labute approximate surface area is 103 Å². The maximum absolute atomic E-state index is 10.4. The fourth-order valence-electron chi connectivity index (χ4n) is 0.780. The molecule has 0 aliphatic heterocycles. The van der Waals surface area contributed by atoms with E-state index in [1.165, 1.54) is 12.1 Å². The lowest BCUT2D eigenvalue weighted by Crippen LogP contribution is -1.86.